The van der Waals surface area contributed by atoms with Crippen LogP contribution in [0.15, 0.2) is 73.3 Å². The number of pyridine rings is 2. The molecule has 9 nitrogen and oxygen atoms in total. The summed E-state index contributed by atoms with van der Waals surface area (Å²) in [6.07, 6.45) is 5.30. The van der Waals surface area contributed by atoms with E-state index in [1.807, 2.05) is 57.7 Å². The predicted molar refractivity (Wildman–Crippen MR) is 149 cm³/mol. The van der Waals surface area contributed by atoms with Crippen LogP contribution in [0.3, 0.4) is 0 Å². The number of phenols is 1. The maximum absolute atomic E-state index is 14.2. The molecule has 10 heteroatoms. The zero-order valence-electron chi connectivity index (χ0n) is 21.7. The van der Waals surface area contributed by atoms with Gasteiger partial charge in [0.25, 0.3) is 0 Å². The molecule has 5 aromatic heterocycles. The number of aromatic hydroxyl groups is 1. The summed E-state index contributed by atoms with van der Waals surface area (Å²) in [5.41, 5.74) is 12.4. The molecule has 0 fully saturated rings. The van der Waals surface area contributed by atoms with Gasteiger partial charge in [0.2, 0.25) is 0 Å². The summed E-state index contributed by atoms with van der Waals surface area (Å²) in [6, 6.07) is 15.7. The SMILES string of the molecule is CC(c1cc2ccccn2c1-c1ccc(CN(C)C)cn1)n1nc(-c2cc(O)cc(F)c2)c2c(N)ncnc21. The van der Waals surface area contributed by atoms with Crippen molar-refractivity contribution in [2.75, 3.05) is 19.8 Å². The number of phenolic OH excluding ortho intramolecular Hbond substituents is 1. The average molecular weight is 523 g/mol. The van der Waals surface area contributed by atoms with E-state index in [1.165, 1.54) is 18.5 Å². The minimum atomic E-state index is -0.582. The third kappa shape index (κ3) is 4.34. The van der Waals surface area contributed by atoms with Gasteiger partial charge in [-0.05, 0) is 63.0 Å². The Morgan fingerprint density at radius 1 is 1.05 bits per heavy atom. The van der Waals surface area contributed by atoms with Crippen molar-refractivity contribution in [1.82, 2.24) is 34.0 Å². The molecule has 0 spiro atoms. The standard InChI is InChI=1S/C29H27FN8O/c1-17(38-29-25(28(31)33-16-34-29)26(35-38)19-10-20(30)12-22(39)11-19)23-13-21-6-4-5-9-37(21)27(23)24-8-7-18(14-32-24)15-36(2)3/h4-14,16-17,39H,15H2,1-3H3,(H2,31,33,34). The third-order valence-corrected chi connectivity index (χ3v) is 6.77. The Bertz CT molecular complexity index is 1800. The Kier molecular flexibility index (Phi) is 5.96. The van der Waals surface area contributed by atoms with E-state index in [-0.39, 0.29) is 17.6 Å². The third-order valence-electron chi connectivity index (χ3n) is 6.77. The van der Waals surface area contributed by atoms with Crippen molar-refractivity contribution >= 4 is 22.4 Å². The number of aromatic nitrogens is 6. The fourth-order valence-electron chi connectivity index (χ4n) is 5.07. The van der Waals surface area contributed by atoms with E-state index in [9.17, 15) is 9.50 Å². The summed E-state index contributed by atoms with van der Waals surface area (Å²) in [5, 5.41) is 15.4. The molecule has 6 aromatic rings. The summed E-state index contributed by atoms with van der Waals surface area (Å²) >= 11 is 0. The van der Waals surface area contributed by atoms with Crippen LogP contribution in [-0.4, -0.2) is 53.2 Å². The molecule has 0 bridgehead atoms. The molecule has 1 unspecified atom stereocenters. The van der Waals surface area contributed by atoms with Gasteiger partial charge >= 0.3 is 0 Å². The molecule has 0 aliphatic rings. The second kappa shape index (κ2) is 9.48. The lowest BCUT2D eigenvalue weighted by Crippen LogP contribution is -2.11. The molecular formula is C29H27FN8O. The molecule has 0 aliphatic carbocycles. The number of hydrogen-bond acceptors (Lipinski definition) is 7. The Hall–Kier alpha value is -4.83. The van der Waals surface area contributed by atoms with E-state index in [2.05, 4.69) is 31.4 Å². The van der Waals surface area contributed by atoms with Gasteiger partial charge in [0.15, 0.2) is 5.65 Å². The van der Waals surface area contributed by atoms with E-state index in [0.29, 0.717) is 22.3 Å². The van der Waals surface area contributed by atoms with Crippen LogP contribution in [0.5, 0.6) is 5.75 Å². The first-order valence-corrected chi connectivity index (χ1v) is 12.5. The van der Waals surface area contributed by atoms with Crippen molar-refractivity contribution in [2.45, 2.75) is 19.5 Å². The number of nitrogens with two attached hydrogens (primary N) is 1. The molecule has 0 radical (unpaired) electrons. The summed E-state index contributed by atoms with van der Waals surface area (Å²) in [5.74, 6) is -0.570. The second-order valence-corrected chi connectivity index (χ2v) is 9.86. The number of benzene rings is 1. The highest BCUT2D eigenvalue weighted by Crippen LogP contribution is 2.37. The second-order valence-electron chi connectivity index (χ2n) is 9.86. The lowest BCUT2D eigenvalue weighted by Gasteiger charge is -2.15. The van der Waals surface area contributed by atoms with Crippen LogP contribution in [-0.2, 0) is 6.54 Å². The zero-order valence-corrected chi connectivity index (χ0v) is 21.7. The van der Waals surface area contributed by atoms with Crippen molar-refractivity contribution < 1.29 is 9.50 Å². The van der Waals surface area contributed by atoms with Crippen LogP contribution < -0.4 is 5.73 Å². The van der Waals surface area contributed by atoms with Crippen LogP contribution in [0.4, 0.5) is 10.2 Å². The van der Waals surface area contributed by atoms with E-state index < -0.39 is 5.82 Å². The first-order chi connectivity index (χ1) is 18.8. The number of halogens is 1. The molecule has 0 aliphatic heterocycles. The van der Waals surface area contributed by atoms with Crippen molar-refractivity contribution in [3.63, 3.8) is 0 Å². The minimum Gasteiger partial charge on any atom is -0.508 e. The monoisotopic (exact) mass is 522 g/mol. The molecular weight excluding hydrogens is 495 g/mol. The summed E-state index contributed by atoms with van der Waals surface area (Å²) in [7, 11) is 4.05. The van der Waals surface area contributed by atoms with Crippen LogP contribution in [0, 0.1) is 5.82 Å². The Morgan fingerprint density at radius 2 is 1.90 bits per heavy atom. The number of fused-ring (bicyclic) bond motifs is 2. The van der Waals surface area contributed by atoms with Crippen LogP contribution in [0.25, 0.3) is 39.2 Å². The fourth-order valence-corrected chi connectivity index (χ4v) is 5.07. The molecule has 0 amide bonds. The number of rotatable bonds is 6. The average Bonchev–Trinajstić information content (AvgIpc) is 3.48. The molecule has 196 valence electrons. The largest absolute Gasteiger partial charge is 0.508 e. The number of anilines is 1. The van der Waals surface area contributed by atoms with Gasteiger partial charge in [-0.3, -0.25) is 4.98 Å². The van der Waals surface area contributed by atoms with Crippen LogP contribution in [0.2, 0.25) is 0 Å². The molecule has 39 heavy (non-hydrogen) atoms. The zero-order chi connectivity index (χ0) is 27.3. The normalized spacial score (nSPS) is 12.5. The Morgan fingerprint density at radius 3 is 2.64 bits per heavy atom. The quantitative estimate of drug-likeness (QED) is 0.320. The van der Waals surface area contributed by atoms with Crippen molar-refractivity contribution in [2.24, 2.45) is 0 Å². The summed E-state index contributed by atoms with van der Waals surface area (Å²) < 4.78 is 18.1. The number of nitrogen functional groups attached to an aromatic ring is 1. The molecule has 1 atom stereocenters. The molecule has 6 rings (SSSR count). The smallest absolute Gasteiger partial charge is 0.164 e. The fraction of sp³-hybridized carbons (Fsp3) is 0.172. The van der Waals surface area contributed by atoms with Crippen LogP contribution >= 0.6 is 0 Å². The minimum absolute atomic E-state index is 0.207. The van der Waals surface area contributed by atoms with Gasteiger partial charge < -0.3 is 20.1 Å². The highest BCUT2D eigenvalue weighted by molar-refractivity contribution is 5.98. The molecule has 0 saturated heterocycles. The molecule has 1 aromatic carbocycles. The molecule has 0 saturated carbocycles. The first-order valence-electron chi connectivity index (χ1n) is 12.5. The summed E-state index contributed by atoms with van der Waals surface area (Å²) in [4.78, 5) is 15.6. The molecule has 3 N–H and O–H groups in total. The number of nitrogens with zero attached hydrogens (tertiary/aromatic N) is 7. The maximum atomic E-state index is 14.2. The highest BCUT2D eigenvalue weighted by atomic mass is 19.1. The van der Waals surface area contributed by atoms with Gasteiger partial charge in [-0.1, -0.05) is 12.1 Å². The van der Waals surface area contributed by atoms with Gasteiger partial charge in [-0.15, -0.1) is 0 Å². The first kappa shape index (κ1) is 24.5. The molecule has 5 heterocycles. The van der Waals surface area contributed by atoms with Gasteiger partial charge in [0.05, 0.1) is 22.8 Å². The van der Waals surface area contributed by atoms with Crippen LogP contribution in [0.1, 0.15) is 24.1 Å². The van der Waals surface area contributed by atoms with E-state index in [0.717, 1.165) is 40.6 Å². The maximum Gasteiger partial charge on any atom is 0.164 e. The van der Waals surface area contributed by atoms with Crippen molar-refractivity contribution in [3.8, 4) is 28.4 Å². The topological polar surface area (TPSA) is 110 Å². The van der Waals surface area contributed by atoms with E-state index in [4.69, 9.17) is 15.8 Å². The van der Waals surface area contributed by atoms with E-state index in [1.54, 1.807) is 4.68 Å². The Balaban J connectivity index is 1.54. The van der Waals surface area contributed by atoms with Gasteiger partial charge in [0, 0.05) is 41.6 Å². The number of hydrogen-bond donors (Lipinski definition) is 2. The predicted octanol–water partition coefficient (Wildman–Crippen LogP) is 4.91. The van der Waals surface area contributed by atoms with Crippen molar-refractivity contribution in [3.05, 3.63) is 90.3 Å². The summed E-state index contributed by atoms with van der Waals surface area (Å²) in [6.45, 7) is 2.82. The Labute approximate surface area is 224 Å². The van der Waals surface area contributed by atoms with Gasteiger partial charge in [-0.2, -0.15) is 5.10 Å². The lowest BCUT2D eigenvalue weighted by atomic mass is 10.1. The van der Waals surface area contributed by atoms with Gasteiger partial charge in [-0.25, -0.2) is 19.0 Å². The van der Waals surface area contributed by atoms with E-state index >= 15 is 0 Å². The van der Waals surface area contributed by atoms with Crippen molar-refractivity contribution in [1.29, 1.82) is 0 Å². The highest BCUT2D eigenvalue weighted by Gasteiger charge is 2.25. The lowest BCUT2D eigenvalue weighted by molar-refractivity contribution is 0.402. The van der Waals surface area contributed by atoms with Gasteiger partial charge in [0.1, 0.15) is 29.4 Å².